The highest BCUT2D eigenvalue weighted by Crippen LogP contribution is 2.23. The van der Waals surface area contributed by atoms with E-state index in [0.29, 0.717) is 12.0 Å². The fraction of sp³-hybridized carbons (Fsp3) is 1.00. The molecule has 0 aromatic heterocycles. The quantitative estimate of drug-likeness (QED) is 0.723. The number of aliphatic hydroxyl groups is 1. The number of likely N-dealkylation sites (tertiary alicyclic amines) is 1. The Morgan fingerprint density at radius 3 is 2.46 bits per heavy atom. The van der Waals surface area contributed by atoms with Gasteiger partial charge in [0.1, 0.15) is 0 Å². The van der Waals surface area contributed by atoms with Crippen molar-refractivity contribution in [2.75, 3.05) is 13.1 Å². The molecular weight excluding hydrogens is 162 g/mol. The molecule has 1 saturated heterocycles. The summed E-state index contributed by atoms with van der Waals surface area (Å²) in [6.07, 6.45) is 2.19. The smallest absolute Gasteiger partial charge is 0.0748 e. The van der Waals surface area contributed by atoms with Gasteiger partial charge in [0.15, 0.2) is 0 Å². The number of rotatable bonds is 4. The van der Waals surface area contributed by atoms with Gasteiger partial charge in [0, 0.05) is 19.1 Å². The van der Waals surface area contributed by atoms with Crippen LogP contribution >= 0.6 is 0 Å². The molecule has 0 radical (unpaired) electrons. The third kappa shape index (κ3) is 3.28. The fourth-order valence-electron chi connectivity index (χ4n) is 2.19. The molecule has 1 heterocycles. The minimum absolute atomic E-state index is 0.497. The highest BCUT2D eigenvalue weighted by Gasteiger charge is 2.31. The summed E-state index contributed by atoms with van der Waals surface area (Å²) in [5.74, 6) is 0.576. The zero-order chi connectivity index (χ0) is 10.1. The lowest BCUT2D eigenvalue weighted by Crippen LogP contribution is -2.52. The van der Waals surface area contributed by atoms with Gasteiger partial charge >= 0.3 is 0 Å². The SMILES string of the molecule is CC(C)CC(C)(O)CN1CCC1C. The van der Waals surface area contributed by atoms with Gasteiger partial charge in [-0.05, 0) is 32.6 Å². The van der Waals surface area contributed by atoms with E-state index in [2.05, 4.69) is 25.7 Å². The van der Waals surface area contributed by atoms with E-state index in [4.69, 9.17) is 0 Å². The molecule has 0 saturated carbocycles. The molecule has 78 valence electrons. The van der Waals surface area contributed by atoms with Crippen molar-refractivity contribution < 1.29 is 5.11 Å². The van der Waals surface area contributed by atoms with Crippen molar-refractivity contribution in [1.29, 1.82) is 0 Å². The summed E-state index contributed by atoms with van der Waals surface area (Å²) in [6, 6.07) is 0.679. The summed E-state index contributed by atoms with van der Waals surface area (Å²) >= 11 is 0. The topological polar surface area (TPSA) is 23.5 Å². The fourth-order valence-corrected chi connectivity index (χ4v) is 2.19. The van der Waals surface area contributed by atoms with Crippen LogP contribution in [0.2, 0.25) is 0 Å². The monoisotopic (exact) mass is 185 g/mol. The zero-order valence-electron chi connectivity index (χ0n) is 9.38. The van der Waals surface area contributed by atoms with Gasteiger partial charge in [-0.2, -0.15) is 0 Å². The number of hydrogen-bond donors (Lipinski definition) is 1. The van der Waals surface area contributed by atoms with Crippen molar-refractivity contribution in [3.8, 4) is 0 Å². The molecular formula is C11H23NO. The molecule has 0 bridgehead atoms. The Kier molecular flexibility index (Phi) is 3.36. The normalized spacial score (nSPS) is 28.6. The van der Waals surface area contributed by atoms with Gasteiger partial charge in [-0.1, -0.05) is 13.8 Å². The van der Waals surface area contributed by atoms with Crippen molar-refractivity contribution in [3.63, 3.8) is 0 Å². The lowest BCUT2D eigenvalue weighted by molar-refractivity contribution is -0.0330. The largest absolute Gasteiger partial charge is 0.389 e. The lowest BCUT2D eigenvalue weighted by Gasteiger charge is -2.43. The maximum Gasteiger partial charge on any atom is 0.0748 e. The molecule has 2 atom stereocenters. The van der Waals surface area contributed by atoms with Crippen molar-refractivity contribution in [2.24, 2.45) is 5.92 Å². The van der Waals surface area contributed by atoms with E-state index in [9.17, 15) is 5.11 Å². The Hall–Kier alpha value is -0.0800. The van der Waals surface area contributed by atoms with E-state index >= 15 is 0 Å². The molecule has 2 unspecified atom stereocenters. The first-order chi connectivity index (χ1) is 5.91. The van der Waals surface area contributed by atoms with Gasteiger partial charge in [-0.15, -0.1) is 0 Å². The van der Waals surface area contributed by atoms with Gasteiger partial charge in [-0.25, -0.2) is 0 Å². The number of β-amino-alcohol motifs (C(OH)–C–C–N with tert-alkyl or cyclic N) is 1. The highest BCUT2D eigenvalue weighted by molar-refractivity contribution is 4.86. The Balaban J connectivity index is 2.32. The molecule has 2 heteroatoms. The summed E-state index contributed by atoms with van der Waals surface area (Å²) in [4.78, 5) is 2.36. The predicted molar refractivity (Wildman–Crippen MR) is 55.7 cm³/mol. The van der Waals surface area contributed by atoms with E-state index in [1.807, 2.05) is 6.92 Å². The van der Waals surface area contributed by atoms with Crippen molar-refractivity contribution in [2.45, 2.75) is 52.2 Å². The van der Waals surface area contributed by atoms with Crippen molar-refractivity contribution in [1.82, 2.24) is 4.90 Å². The third-order valence-corrected chi connectivity index (χ3v) is 2.85. The average Bonchev–Trinajstić information content (AvgIpc) is 1.95. The first kappa shape index (κ1) is 11.0. The maximum absolute atomic E-state index is 10.1. The molecule has 1 N–H and O–H groups in total. The summed E-state index contributed by atoms with van der Waals surface area (Å²) in [7, 11) is 0. The number of nitrogens with zero attached hydrogens (tertiary/aromatic N) is 1. The van der Waals surface area contributed by atoms with Crippen LogP contribution in [0.4, 0.5) is 0 Å². The average molecular weight is 185 g/mol. The molecule has 13 heavy (non-hydrogen) atoms. The van der Waals surface area contributed by atoms with Crippen LogP contribution in [0.3, 0.4) is 0 Å². The Morgan fingerprint density at radius 2 is 2.15 bits per heavy atom. The van der Waals surface area contributed by atoms with Crippen LogP contribution in [0.15, 0.2) is 0 Å². The second-order valence-corrected chi connectivity index (χ2v) is 5.20. The molecule has 0 spiro atoms. The van der Waals surface area contributed by atoms with E-state index in [1.54, 1.807) is 0 Å². The van der Waals surface area contributed by atoms with Crippen LogP contribution in [-0.4, -0.2) is 34.7 Å². The standard InChI is InChI=1S/C11H23NO/c1-9(2)7-11(4,13)8-12-6-5-10(12)3/h9-10,13H,5-8H2,1-4H3. The minimum Gasteiger partial charge on any atom is -0.389 e. The van der Waals surface area contributed by atoms with E-state index in [1.165, 1.54) is 6.42 Å². The van der Waals surface area contributed by atoms with Crippen LogP contribution < -0.4 is 0 Å². The lowest BCUT2D eigenvalue weighted by atomic mass is 9.91. The second kappa shape index (κ2) is 3.97. The molecule has 2 nitrogen and oxygen atoms in total. The zero-order valence-corrected chi connectivity index (χ0v) is 9.38. The Labute approximate surface area is 81.9 Å². The molecule has 0 amide bonds. The molecule has 0 aromatic carbocycles. The van der Waals surface area contributed by atoms with Gasteiger partial charge in [0.2, 0.25) is 0 Å². The van der Waals surface area contributed by atoms with Crippen molar-refractivity contribution >= 4 is 0 Å². The molecule has 1 aliphatic heterocycles. The molecule has 1 rings (SSSR count). The van der Waals surface area contributed by atoms with Gasteiger partial charge in [0.05, 0.1) is 5.60 Å². The molecule has 1 aliphatic rings. The van der Waals surface area contributed by atoms with Crippen molar-refractivity contribution in [3.05, 3.63) is 0 Å². The molecule has 1 fully saturated rings. The van der Waals surface area contributed by atoms with Gasteiger partial charge in [-0.3, -0.25) is 4.90 Å². The van der Waals surface area contributed by atoms with Gasteiger partial charge in [0.25, 0.3) is 0 Å². The first-order valence-electron chi connectivity index (χ1n) is 5.37. The molecule has 0 aliphatic carbocycles. The number of hydrogen-bond acceptors (Lipinski definition) is 2. The Morgan fingerprint density at radius 1 is 1.54 bits per heavy atom. The van der Waals surface area contributed by atoms with Crippen LogP contribution in [-0.2, 0) is 0 Å². The summed E-state index contributed by atoms with van der Waals surface area (Å²) in [6.45, 7) is 10.5. The first-order valence-corrected chi connectivity index (χ1v) is 5.37. The summed E-state index contributed by atoms with van der Waals surface area (Å²) in [5.41, 5.74) is -0.497. The van der Waals surface area contributed by atoms with Gasteiger partial charge < -0.3 is 5.11 Å². The highest BCUT2D eigenvalue weighted by atomic mass is 16.3. The van der Waals surface area contributed by atoms with Crippen LogP contribution in [0.1, 0.15) is 40.5 Å². The van der Waals surface area contributed by atoms with E-state index in [0.717, 1.165) is 19.5 Å². The van der Waals surface area contributed by atoms with Crippen LogP contribution in [0.5, 0.6) is 0 Å². The van der Waals surface area contributed by atoms with E-state index in [-0.39, 0.29) is 0 Å². The van der Waals surface area contributed by atoms with Crippen LogP contribution in [0, 0.1) is 5.92 Å². The van der Waals surface area contributed by atoms with Crippen LogP contribution in [0.25, 0.3) is 0 Å². The van der Waals surface area contributed by atoms with E-state index < -0.39 is 5.60 Å². The third-order valence-electron chi connectivity index (χ3n) is 2.85. The minimum atomic E-state index is -0.497. The second-order valence-electron chi connectivity index (χ2n) is 5.20. The predicted octanol–water partition coefficient (Wildman–Crippen LogP) is 1.88. The maximum atomic E-state index is 10.1. The summed E-state index contributed by atoms with van der Waals surface area (Å²) < 4.78 is 0. The molecule has 0 aromatic rings. The Bertz CT molecular complexity index is 165. The summed E-state index contributed by atoms with van der Waals surface area (Å²) in [5, 5.41) is 10.1.